The van der Waals surface area contributed by atoms with Gasteiger partial charge in [-0.15, -0.1) is 0 Å². The Morgan fingerprint density at radius 1 is 1.08 bits per heavy atom. The third kappa shape index (κ3) is 5.50. The average molecular weight is 339 g/mol. The van der Waals surface area contributed by atoms with Gasteiger partial charge in [0.1, 0.15) is 11.5 Å². The van der Waals surface area contributed by atoms with Crippen LogP contribution in [0, 0.1) is 0 Å². The summed E-state index contributed by atoms with van der Waals surface area (Å²) >= 11 is 0. The second-order valence-electron chi connectivity index (χ2n) is 6.00. The molecular weight excluding hydrogens is 314 g/mol. The van der Waals surface area contributed by atoms with Crippen molar-refractivity contribution in [1.29, 1.82) is 0 Å². The summed E-state index contributed by atoms with van der Waals surface area (Å²) in [6, 6.07) is 17.8. The standard InChI is InChI=1S/C20H25N3O2/c1-21-20(23-15-19-8-5-13-24-19)22-14-16-9-11-18(12-10-16)25-17-6-3-2-4-7-17/h2-4,6-7,9-12,19H,5,8,13-15H2,1H3,(H2,21,22,23). The van der Waals surface area contributed by atoms with E-state index in [1.165, 1.54) is 5.56 Å². The van der Waals surface area contributed by atoms with Crippen LogP contribution in [0.3, 0.4) is 0 Å². The van der Waals surface area contributed by atoms with Gasteiger partial charge in [0.05, 0.1) is 6.10 Å². The molecule has 1 unspecified atom stereocenters. The Bertz CT molecular complexity index is 665. The molecule has 0 spiro atoms. The Hall–Kier alpha value is -2.53. The van der Waals surface area contributed by atoms with E-state index in [4.69, 9.17) is 9.47 Å². The van der Waals surface area contributed by atoms with Crippen LogP contribution in [0.15, 0.2) is 59.6 Å². The zero-order valence-corrected chi connectivity index (χ0v) is 14.6. The van der Waals surface area contributed by atoms with E-state index in [1.807, 2.05) is 42.5 Å². The summed E-state index contributed by atoms with van der Waals surface area (Å²) in [5.41, 5.74) is 1.17. The zero-order chi connectivity index (χ0) is 17.3. The van der Waals surface area contributed by atoms with Crippen LogP contribution in [0.25, 0.3) is 0 Å². The number of hydrogen-bond acceptors (Lipinski definition) is 3. The first-order valence-electron chi connectivity index (χ1n) is 8.71. The van der Waals surface area contributed by atoms with Gasteiger partial charge >= 0.3 is 0 Å². The minimum atomic E-state index is 0.299. The first-order valence-corrected chi connectivity index (χ1v) is 8.71. The molecule has 5 nitrogen and oxygen atoms in total. The van der Waals surface area contributed by atoms with Gasteiger partial charge in [-0.05, 0) is 42.7 Å². The highest BCUT2D eigenvalue weighted by molar-refractivity contribution is 5.79. The van der Waals surface area contributed by atoms with Crippen molar-refractivity contribution >= 4 is 5.96 Å². The van der Waals surface area contributed by atoms with E-state index >= 15 is 0 Å². The van der Waals surface area contributed by atoms with E-state index in [0.29, 0.717) is 12.6 Å². The van der Waals surface area contributed by atoms with E-state index in [9.17, 15) is 0 Å². The molecule has 5 heteroatoms. The lowest BCUT2D eigenvalue weighted by Crippen LogP contribution is -2.40. The molecule has 1 atom stereocenters. The van der Waals surface area contributed by atoms with Gasteiger partial charge in [-0.3, -0.25) is 4.99 Å². The summed E-state index contributed by atoms with van der Waals surface area (Å²) in [7, 11) is 1.78. The molecule has 1 aliphatic heterocycles. The highest BCUT2D eigenvalue weighted by atomic mass is 16.5. The predicted molar refractivity (Wildman–Crippen MR) is 100 cm³/mol. The molecule has 1 saturated heterocycles. The van der Waals surface area contributed by atoms with Crippen molar-refractivity contribution in [2.75, 3.05) is 20.2 Å². The van der Waals surface area contributed by atoms with Crippen LogP contribution in [0.4, 0.5) is 0 Å². The first kappa shape index (κ1) is 17.3. The Balaban J connectivity index is 1.45. The van der Waals surface area contributed by atoms with Crippen molar-refractivity contribution in [1.82, 2.24) is 10.6 Å². The number of hydrogen-bond donors (Lipinski definition) is 2. The van der Waals surface area contributed by atoms with Crippen LogP contribution in [-0.4, -0.2) is 32.3 Å². The lowest BCUT2D eigenvalue weighted by atomic mass is 10.2. The summed E-state index contributed by atoms with van der Waals surface area (Å²) in [5.74, 6) is 2.46. The van der Waals surface area contributed by atoms with Crippen LogP contribution in [-0.2, 0) is 11.3 Å². The fraction of sp³-hybridized carbons (Fsp3) is 0.350. The number of rotatable bonds is 6. The van der Waals surface area contributed by atoms with Gasteiger partial charge in [0.2, 0.25) is 0 Å². The molecule has 2 N–H and O–H groups in total. The maximum absolute atomic E-state index is 5.81. The molecule has 0 aromatic heterocycles. The van der Waals surface area contributed by atoms with Crippen molar-refractivity contribution in [3.8, 4) is 11.5 Å². The molecule has 0 saturated carbocycles. The SMILES string of the molecule is CN=C(NCc1ccc(Oc2ccccc2)cc1)NCC1CCCO1. The largest absolute Gasteiger partial charge is 0.457 e. The molecule has 2 aromatic rings. The molecule has 132 valence electrons. The van der Waals surface area contributed by atoms with Crippen molar-refractivity contribution in [3.63, 3.8) is 0 Å². The number of ether oxygens (including phenoxy) is 2. The number of nitrogens with zero attached hydrogens (tertiary/aromatic N) is 1. The van der Waals surface area contributed by atoms with Gasteiger partial charge in [-0.25, -0.2) is 0 Å². The summed E-state index contributed by atoms with van der Waals surface area (Å²) in [6.07, 6.45) is 2.57. The Morgan fingerprint density at radius 2 is 1.84 bits per heavy atom. The average Bonchev–Trinajstić information content (AvgIpc) is 3.18. The minimum Gasteiger partial charge on any atom is -0.457 e. The van der Waals surface area contributed by atoms with Crippen LogP contribution < -0.4 is 15.4 Å². The predicted octanol–water partition coefficient (Wildman–Crippen LogP) is 3.32. The van der Waals surface area contributed by atoms with E-state index in [0.717, 1.165) is 43.5 Å². The monoisotopic (exact) mass is 339 g/mol. The fourth-order valence-electron chi connectivity index (χ4n) is 2.72. The number of guanidine groups is 1. The third-order valence-electron chi connectivity index (χ3n) is 4.11. The van der Waals surface area contributed by atoms with E-state index < -0.39 is 0 Å². The second kappa shape index (κ2) is 9.08. The molecule has 25 heavy (non-hydrogen) atoms. The number of para-hydroxylation sites is 1. The maximum Gasteiger partial charge on any atom is 0.191 e. The zero-order valence-electron chi connectivity index (χ0n) is 14.6. The smallest absolute Gasteiger partial charge is 0.191 e. The molecule has 0 aliphatic carbocycles. The van der Waals surface area contributed by atoms with Crippen molar-refractivity contribution in [2.24, 2.45) is 4.99 Å². The van der Waals surface area contributed by atoms with Gasteiger partial charge in [-0.2, -0.15) is 0 Å². The summed E-state index contributed by atoms with van der Waals surface area (Å²) in [5, 5.41) is 6.64. The van der Waals surface area contributed by atoms with Gasteiger partial charge in [0.15, 0.2) is 5.96 Å². The van der Waals surface area contributed by atoms with Crippen LogP contribution in [0.2, 0.25) is 0 Å². The van der Waals surface area contributed by atoms with E-state index in [2.05, 4.69) is 27.8 Å². The number of aliphatic imine (C=N–C) groups is 1. The summed E-state index contributed by atoms with van der Waals surface area (Å²) in [6.45, 7) is 2.37. The lowest BCUT2D eigenvalue weighted by Gasteiger charge is -2.15. The molecule has 2 aromatic carbocycles. The van der Waals surface area contributed by atoms with Gasteiger partial charge < -0.3 is 20.1 Å². The Kier molecular flexibility index (Phi) is 6.29. The topological polar surface area (TPSA) is 54.9 Å². The quantitative estimate of drug-likeness (QED) is 0.626. The highest BCUT2D eigenvalue weighted by Crippen LogP contribution is 2.21. The number of benzene rings is 2. The lowest BCUT2D eigenvalue weighted by molar-refractivity contribution is 0.114. The van der Waals surface area contributed by atoms with E-state index in [1.54, 1.807) is 7.05 Å². The Morgan fingerprint density at radius 3 is 2.52 bits per heavy atom. The summed E-state index contributed by atoms with van der Waals surface area (Å²) < 4.78 is 11.4. The molecule has 0 bridgehead atoms. The second-order valence-corrected chi connectivity index (χ2v) is 6.00. The number of nitrogens with one attached hydrogen (secondary N) is 2. The van der Waals surface area contributed by atoms with Crippen molar-refractivity contribution in [3.05, 3.63) is 60.2 Å². The first-order chi connectivity index (χ1) is 12.3. The molecule has 0 amide bonds. The normalized spacial score (nSPS) is 17.3. The molecular formula is C20H25N3O2. The van der Waals surface area contributed by atoms with Gasteiger partial charge in [0.25, 0.3) is 0 Å². The third-order valence-corrected chi connectivity index (χ3v) is 4.11. The molecule has 1 heterocycles. The minimum absolute atomic E-state index is 0.299. The summed E-state index contributed by atoms with van der Waals surface area (Å²) in [4.78, 5) is 4.25. The maximum atomic E-state index is 5.81. The van der Waals surface area contributed by atoms with E-state index in [-0.39, 0.29) is 0 Å². The molecule has 1 fully saturated rings. The van der Waals surface area contributed by atoms with Gasteiger partial charge in [0, 0.05) is 26.7 Å². The molecule has 0 radical (unpaired) electrons. The fourth-order valence-corrected chi connectivity index (χ4v) is 2.72. The molecule has 3 rings (SSSR count). The highest BCUT2D eigenvalue weighted by Gasteiger charge is 2.15. The van der Waals surface area contributed by atoms with Crippen molar-refractivity contribution in [2.45, 2.75) is 25.5 Å². The van der Waals surface area contributed by atoms with Crippen LogP contribution >= 0.6 is 0 Å². The van der Waals surface area contributed by atoms with Crippen LogP contribution in [0.1, 0.15) is 18.4 Å². The molecule has 1 aliphatic rings. The van der Waals surface area contributed by atoms with Gasteiger partial charge in [-0.1, -0.05) is 30.3 Å². The Labute approximate surface area is 149 Å². The van der Waals surface area contributed by atoms with Crippen molar-refractivity contribution < 1.29 is 9.47 Å². The van der Waals surface area contributed by atoms with Crippen LogP contribution in [0.5, 0.6) is 11.5 Å².